The Morgan fingerprint density at radius 1 is 1.19 bits per heavy atom. The van der Waals surface area contributed by atoms with Crippen LogP contribution in [0.2, 0.25) is 0 Å². The van der Waals surface area contributed by atoms with Crippen LogP contribution >= 0.6 is 0 Å². The van der Waals surface area contributed by atoms with Gasteiger partial charge in [-0.3, -0.25) is 15.0 Å². The van der Waals surface area contributed by atoms with Gasteiger partial charge < -0.3 is 14.2 Å². The minimum Gasteiger partial charge on any atom is -0.493 e. The first-order valence-corrected chi connectivity index (χ1v) is 8.04. The highest BCUT2D eigenvalue weighted by Crippen LogP contribution is 2.45. The molecule has 0 amide bonds. The molecule has 2 aromatic carbocycles. The smallest absolute Gasteiger partial charge is 0.269 e. The van der Waals surface area contributed by atoms with Gasteiger partial charge >= 0.3 is 0 Å². The van der Waals surface area contributed by atoms with Gasteiger partial charge in [-0.1, -0.05) is 0 Å². The number of hydrogen-bond acceptors (Lipinski definition) is 6. The fraction of sp³-hybridized carbons (Fsp3) is 0.368. The molecule has 0 saturated carbocycles. The van der Waals surface area contributed by atoms with E-state index in [9.17, 15) is 10.1 Å². The van der Waals surface area contributed by atoms with Gasteiger partial charge in [0.25, 0.3) is 5.69 Å². The molecule has 0 radical (unpaired) electrons. The van der Waals surface area contributed by atoms with Crippen molar-refractivity contribution in [2.45, 2.75) is 12.1 Å². The van der Waals surface area contributed by atoms with Gasteiger partial charge in [0.05, 0.1) is 23.3 Å². The van der Waals surface area contributed by atoms with Gasteiger partial charge in [0.2, 0.25) is 0 Å². The topological polar surface area (TPSA) is 74.1 Å². The van der Waals surface area contributed by atoms with E-state index in [4.69, 9.17) is 18.3 Å². The fourth-order valence-corrected chi connectivity index (χ4v) is 3.47. The molecule has 1 heterocycles. The minimum absolute atomic E-state index is 0.0937. The summed E-state index contributed by atoms with van der Waals surface area (Å²) in [5.41, 5.74) is 0.337. The van der Waals surface area contributed by atoms with E-state index >= 15 is 0 Å². The van der Waals surface area contributed by atoms with Gasteiger partial charge in [0.15, 0.2) is 17.2 Å². The zero-order valence-electron chi connectivity index (χ0n) is 17.8. The summed E-state index contributed by atoms with van der Waals surface area (Å²) in [6.45, 7) is 0.509. The van der Waals surface area contributed by atoms with Crippen molar-refractivity contribution in [2.75, 3.05) is 34.8 Å². The van der Waals surface area contributed by atoms with Crippen LogP contribution in [0, 0.1) is 10.1 Å². The highest BCUT2D eigenvalue weighted by molar-refractivity contribution is 5.53. The molecule has 7 heteroatoms. The van der Waals surface area contributed by atoms with Crippen molar-refractivity contribution >= 4 is 5.69 Å². The highest BCUT2D eigenvalue weighted by Gasteiger charge is 2.43. The third kappa shape index (κ3) is 2.69. The van der Waals surface area contributed by atoms with E-state index in [1.54, 1.807) is 18.0 Å². The van der Waals surface area contributed by atoms with E-state index in [0.29, 0.717) is 35.6 Å². The summed E-state index contributed by atoms with van der Waals surface area (Å²) in [5, 5.41) is 11.1. The molecule has 0 spiro atoms. The standard InChI is InChI=1S/C19H22N2O5/c1-20-10-9-13-11-17(24-2)18(25-3)12-16(13)19(20,26-4)14-5-7-15(8-6-14)21(22)23/h5-8,11-12H,9-10H2,1-4H3/i4D3. The molecule has 0 bridgehead atoms. The molecule has 7 nitrogen and oxygen atoms in total. The molecule has 1 aliphatic rings. The lowest BCUT2D eigenvalue weighted by molar-refractivity contribution is -0.384. The number of likely N-dealkylation sites (N-methyl/N-ethyl adjacent to an activating group) is 1. The Labute approximate surface area is 156 Å². The molecular weight excluding hydrogens is 336 g/mol. The average Bonchev–Trinajstić information content (AvgIpc) is 2.68. The monoisotopic (exact) mass is 361 g/mol. The lowest BCUT2D eigenvalue weighted by Gasteiger charge is -2.45. The highest BCUT2D eigenvalue weighted by atomic mass is 16.6. The van der Waals surface area contributed by atoms with E-state index in [1.807, 2.05) is 6.07 Å². The maximum atomic E-state index is 11.1. The second kappa shape index (κ2) is 6.93. The number of nitro benzene ring substituents is 1. The van der Waals surface area contributed by atoms with Crippen LogP contribution in [-0.2, 0) is 16.9 Å². The van der Waals surface area contributed by atoms with Crippen molar-refractivity contribution in [3.8, 4) is 11.5 Å². The molecule has 1 aliphatic heterocycles. The number of ether oxygens (including phenoxy) is 3. The van der Waals surface area contributed by atoms with Gasteiger partial charge in [0.1, 0.15) is 0 Å². The van der Waals surface area contributed by atoms with Crippen LogP contribution in [0.1, 0.15) is 20.8 Å². The summed E-state index contributed by atoms with van der Waals surface area (Å²) in [6.07, 6.45) is 0.644. The molecule has 138 valence electrons. The van der Waals surface area contributed by atoms with Gasteiger partial charge in [-0.25, -0.2) is 0 Å². The van der Waals surface area contributed by atoms with Crippen molar-refractivity contribution < 1.29 is 23.2 Å². The van der Waals surface area contributed by atoms with E-state index in [1.165, 1.54) is 38.5 Å². The summed E-state index contributed by atoms with van der Waals surface area (Å²) in [6, 6.07) is 9.23. The Morgan fingerprint density at radius 2 is 1.85 bits per heavy atom. The second-order valence-corrected chi connectivity index (χ2v) is 6.09. The maximum absolute atomic E-state index is 11.1. The summed E-state index contributed by atoms with van der Waals surface area (Å²) in [5.74, 6) is 0.962. The summed E-state index contributed by atoms with van der Waals surface area (Å²) in [7, 11) is 2.06. The predicted molar refractivity (Wildman–Crippen MR) is 96.8 cm³/mol. The molecular formula is C19H22N2O5. The largest absolute Gasteiger partial charge is 0.493 e. The maximum Gasteiger partial charge on any atom is 0.269 e. The Balaban J connectivity index is 2.29. The minimum atomic E-state index is -2.72. The summed E-state index contributed by atoms with van der Waals surface area (Å²) < 4.78 is 39.9. The quantitative estimate of drug-likeness (QED) is 0.602. The van der Waals surface area contributed by atoms with E-state index < -0.39 is 17.7 Å². The first kappa shape index (κ1) is 14.5. The number of rotatable bonds is 5. The molecule has 3 rings (SSSR count). The number of fused-ring (bicyclic) bond motifs is 1. The van der Waals surface area contributed by atoms with Crippen molar-refractivity contribution in [2.24, 2.45) is 0 Å². The molecule has 2 aromatic rings. The van der Waals surface area contributed by atoms with Crippen molar-refractivity contribution in [3.63, 3.8) is 0 Å². The van der Waals surface area contributed by atoms with Crippen LogP contribution in [0.15, 0.2) is 36.4 Å². The number of non-ortho nitro benzene ring substituents is 1. The number of hydrogen-bond donors (Lipinski definition) is 0. The van der Waals surface area contributed by atoms with Crippen molar-refractivity contribution in [1.29, 1.82) is 0 Å². The van der Waals surface area contributed by atoms with Gasteiger partial charge in [-0.2, -0.15) is 0 Å². The van der Waals surface area contributed by atoms with Crippen LogP contribution in [0.4, 0.5) is 5.69 Å². The first-order chi connectivity index (χ1) is 13.6. The number of nitrogens with zero attached hydrogens (tertiary/aromatic N) is 2. The van der Waals surface area contributed by atoms with Crippen LogP contribution in [-0.4, -0.2) is 44.7 Å². The van der Waals surface area contributed by atoms with E-state index in [2.05, 4.69) is 0 Å². The molecule has 0 fully saturated rings. The third-order valence-electron chi connectivity index (χ3n) is 4.85. The number of methoxy groups -OCH3 is 3. The SMILES string of the molecule is [2H]C([2H])([2H])OC1(c2ccc([N+](=O)[O-])cc2)c2cc(OC)c(OC)cc2CCN1C. The van der Waals surface area contributed by atoms with Crippen LogP contribution in [0.3, 0.4) is 0 Å². The zero-order chi connectivity index (χ0) is 21.4. The lowest BCUT2D eigenvalue weighted by Crippen LogP contribution is -2.50. The van der Waals surface area contributed by atoms with Crippen molar-refractivity contribution in [1.82, 2.24) is 4.90 Å². The third-order valence-corrected chi connectivity index (χ3v) is 4.85. The predicted octanol–water partition coefficient (Wildman–Crippen LogP) is 2.95. The van der Waals surface area contributed by atoms with Crippen molar-refractivity contribution in [3.05, 3.63) is 63.2 Å². The number of nitro groups is 1. The normalized spacial score (nSPS) is 21.9. The Bertz CT molecular complexity index is 917. The summed E-state index contributed by atoms with van der Waals surface area (Å²) in [4.78, 5) is 12.3. The molecule has 0 aromatic heterocycles. The molecule has 1 atom stereocenters. The van der Waals surface area contributed by atoms with Gasteiger partial charge in [-0.05, 0) is 43.3 Å². The Hall–Kier alpha value is -2.64. The van der Waals surface area contributed by atoms with Crippen LogP contribution in [0.5, 0.6) is 11.5 Å². The molecule has 0 aliphatic carbocycles. The van der Waals surface area contributed by atoms with Crippen LogP contribution < -0.4 is 9.47 Å². The Kier molecular flexibility index (Phi) is 3.87. The zero-order valence-corrected chi connectivity index (χ0v) is 14.8. The van der Waals surface area contributed by atoms with Gasteiger partial charge in [-0.15, -0.1) is 0 Å². The van der Waals surface area contributed by atoms with E-state index in [0.717, 1.165) is 5.56 Å². The first-order valence-electron chi connectivity index (χ1n) is 9.54. The molecule has 26 heavy (non-hydrogen) atoms. The molecule has 1 unspecified atom stereocenters. The molecule has 0 N–H and O–H groups in total. The lowest BCUT2D eigenvalue weighted by atomic mass is 9.84. The average molecular weight is 361 g/mol. The summed E-state index contributed by atoms with van der Waals surface area (Å²) >= 11 is 0. The number of benzene rings is 2. The second-order valence-electron chi connectivity index (χ2n) is 6.09. The van der Waals surface area contributed by atoms with E-state index in [-0.39, 0.29) is 5.69 Å². The van der Waals surface area contributed by atoms with Gasteiger partial charge in [0, 0.05) is 36.8 Å². The Morgan fingerprint density at radius 3 is 2.42 bits per heavy atom. The van der Waals surface area contributed by atoms with Crippen LogP contribution in [0.25, 0.3) is 0 Å². The molecule has 0 saturated heterocycles. The fourth-order valence-electron chi connectivity index (χ4n) is 3.47.